The van der Waals surface area contributed by atoms with E-state index in [0.29, 0.717) is 23.8 Å². The highest BCUT2D eigenvalue weighted by Crippen LogP contribution is 2.35. The lowest BCUT2D eigenvalue weighted by Gasteiger charge is -2.20. The van der Waals surface area contributed by atoms with E-state index in [-0.39, 0.29) is 35.6 Å². The van der Waals surface area contributed by atoms with Gasteiger partial charge >= 0.3 is 11.9 Å². The molecule has 0 bridgehead atoms. The van der Waals surface area contributed by atoms with Crippen LogP contribution in [0, 0.1) is 5.82 Å². The normalized spacial score (nSPS) is 25.6. The Morgan fingerprint density at radius 2 is 1.97 bits per heavy atom. The first-order chi connectivity index (χ1) is 15.7. The molecule has 1 aromatic rings. The van der Waals surface area contributed by atoms with Crippen molar-refractivity contribution in [1.29, 1.82) is 0 Å². The molecule has 4 rings (SSSR count). The first-order valence-electron chi connectivity index (χ1n) is 10.2. The summed E-state index contributed by atoms with van der Waals surface area (Å²) in [5, 5.41) is 2.61. The van der Waals surface area contributed by atoms with Crippen molar-refractivity contribution in [2.24, 2.45) is 4.99 Å². The zero-order valence-electron chi connectivity index (χ0n) is 17.5. The summed E-state index contributed by atoms with van der Waals surface area (Å²) in [6, 6.07) is 2.54. The molecular formula is C20H21ClFN3O6S2. The van der Waals surface area contributed by atoms with Gasteiger partial charge in [0.15, 0.2) is 12.2 Å². The van der Waals surface area contributed by atoms with Crippen LogP contribution in [0.2, 0.25) is 5.02 Å². The van der Waals surface area contributed by atoms with E-state index in [2.05, 4.69) is 17.6 Å². The summed E-state index contributed by atoms with van der Waals surface area (Å²) in [6.45, 7) is 2.73. The maximum Gasteiger partial charge on any atom is 0.316 e. The van der Waals surface area contributed by atoms with E-state index in [4.69, 9.17) is 25.8 Å². The van der Waals surface area contributed by atoms with Gasteiger partial charge in [0.2, 0.25) is 0 Å². The number of aliphatic imine (C=N–C) groups is 1. The summed E-state index contributed by atoms with van der Waals surface area (Å²) in [5.74, 6) is -1.65. The molecule has 9 nitrogen and oxygen atoms in total. The van der Waals surface area contributed by atoms with E-state index in [1.807, 2.05) is 0 Å². The summed E-state index contributed by atoms with van der Waals surface area (Å²) in [6.07, 6.45) is -0.549. The summed E-state index contributed by atoms with van der Waals surface area (Å²) in [7, 11) is 0. The molecule has 3 heterocycles. The van der Waals surface area contributed by atoms with Crippen molar-refractivity contribution in [2.45, 2.75) is 35.7 Å². The van der Waals surface area contributed by atoms with Crippen LogP contribution in [-0.2, 0) is 28.6 Å². The van der Waals surface area contributed by atoms with Crippen molar-refractivity contribution in [3.05, 3.63) is 23.0 Å². The van der Waals surface area contributed by atoms with Crippen LogP contribution in [0.4, 0.5) is 10.1 Å². The predicted molar refractivity (Wildman–Crippen MR) is 121 cm³/mol. The second kappa shape index (κ2) is 10.1. The molecule has 3 aliphatic rings. The van der Waals surface area contributed by atoms with Gasteiger partial charge < -0.3 is 14.2 Å². The Hall–Kier alpha value is -2.02. The first kappa shape index (κ1) is 24.1. The van der Waals surface area contributed by atoms with Gasteiger partial charge in [-0.15, -0.1) is 11.8 Å². The lowest BCUT2D eigenvalue weighted by molar-refractivity contribution is -0.160. The first-order valence-corrected chi connectivity index (χ1v) is 12.0. The Morgan fingerprint density at radius 1 is 1.27 bits per heavy atom. The SMILES string of the molecule is CC(=O)OC1COCC1OC(=O)CSc1cc(N=C2C(S)C(=O)N3CCCN23)c(F)cc1Cl. The number of hydrogen-bond donors (Lipinski definition) is 1. The van der Waals surface area contributed by atoms with Gasteiger partial charge in [-0.25, -0.2) is 9.38 Å². The van der Waals surface area contributed by atoms with Gasteiger partial charge in [-0.2, -0.15) is 12.6 Å². The second-order valence-electron chi connectivity index (χ2n) is 7.55. The average Bonchev–Trinajstić information content (AvgIpc) is 3.45. The summed E-state index contributed by atoms with van der Waals surface area (Å²) >= 11 is 11.6. The fraction of sp³-hybridized carbons (Fsp3) is 0.500. The van der Waals surface area contributed by atoms with Gasteiger partial charge in [0.25, 0.3) is 5.91 Å². The number of thioether (sulfide) groups is 1. The van der Waals surface area contributed by atoms with Gasteiger partial charge in [0.05, 0.1) is 24.0 Å². The van der Waals surface area contributed by atoms with Crippen molar-refractivity contribution in [3.8, 4) is 0 Å². The topological polar surface area (TPSA) is 97.7 Å². The van der Waals surface area contributed by atoms with Crippen molar-refractivity contribution in [2.75, 3.05) is 32.1 Å². The zero-order chi connectivity index (χ0) is 23.7. The summed E-state index contributed by atoms with van der Waals surface area (Å²) < 4.78 is 30.2. The quantitative estimate of drug-likeness (QED) is 0.348. The van der Waals surface area contributed by atoms with Crippen LogP contribution >= 0.6 is 36.0 Å². The van der Waals surface area contributed by atoms with Gasteiger partial charge in [-0.3, -0.25) is 24.4 Å². The van der Waals surface area contributed by atoms with E-state index in [1.54, 1.807) is 10.0 Å². The molecule has 1 aromatic carbocycles. The lowest BCUT2D eigenvalue weighted by atomic mass is 10.2. The lowest BCUT2D eigenvalue weighted by Crippen LogP contribution is -2.34. The Balaban J connectivity index is 1.44. The number of carbonyl (C=O) groups is 3. The van der Waals surface area contributed by atoms with Crippen LogP contribution in [0.15, 0.2) is 22.0 Å². The number of fused-ring (bicyclic) bond motifs is 1. The molecule has 0 N–H and O–H groups in total. The van der Waals surface area contributed by atoms with Crippen LogP contribution in [0.25, 0.3) is 0 Å². The number of hydrogen-bond acceptors (Lipinski definition) is 9. The van der Waals surface area contributed by atoms with Crippen molar-refractivity contribution in [1.82, 2.24) is 10.0 Å². The number of benzene rings is 1. The molecule has 1 amide bonds. The largest absolute Gasteiger partial charge is 0.456 e. The molecule has 0 spiro atoms. The third kappa shape index (κ3) is 5.23. The van der Waals surface area contributed by atoms with Crippen LogP contribution < -0.4 is 0 Å². The van der Waals surface area contributed by atoms with Gasteiger partial charge in [0, 0.05) is 24.9 Å². The molecule has 0 radical (unpaired) electrons. The van der Waals surface area contributed by atoms with Gasteiger partial charge in [0.1, 0.15) is 22.6 Å². The number of amidine groups is 1. The highest BCUT2D eigenvalue weighted by Gasteiger charge is 2.44. The molecular weight excluding hydrogens is 497 g/mol. The summed E-state index contributed by atoms with van der Waals surface area (Å²) in [5.41, 5.74) is -0.00928. The number of halogens is 2. The number of carbonyl (C=O) groups excluding carboxylic acids is 3. The average molecular weight is 518 g/mol. The number of rotatable bonds is 6. The molecule has 3 fully saturated rings. The minimum Gasteiger partial charge on any atom is -0.456 e. The minimum atomic E-state index is -0.773. The summed E-state index contributed by atoms with van der Waals surface area (Å²) in [4.78, 5) is 40.6. The van der Waals surface area contributed by atoms with Crippen LogP contribution in [0.1, 0.15) is 13.3 Å². The van der Waals surface area contributed by atoms with E-state index in [0.717, 1.165) is 24.2 Å². The fourth-order valence-corrected chi connectivity index (χ4v) is 5.09. The maximum absolute atomic E-state index is 14.6. The Kier molecular flexibility index (Phi) is 7.37. The van der Waals surface area contributed by atoms with Crippen molar-refractivity contribution in [3.63, 3.8) is 0 Å². The predicted octanol–water partition coefficient (Wildman–Crippen LogP) is 2.24. The molecule has 178 valence electrons. The smallest absolute Gasteiger partial charge is 0.316 e. The van der Waals surface area contributed by atoms with Crippen LogP contribution in [0.5, 0.6) is 0 Å². The third-order valence-electron chi connectivity index (χ3n) is 5.19. The molecule has 3 unspecified atom stereocenters. The Labute approximate surface area is 203 Å². The Morgan fingerprint density at radius 3 is 2.70 bits per heavy atom. The number of ether oxygens (including phenoxy) is 3. The van der Waals surface area contributed by atoms with Crippen molar-refractivity contribution >= 4 is 65.4 Å². The van der Waals surface area contributed by atoms with Crippen molar-refractivity contribution < 1.29 is 33.0 Å². The molecule has 33 heavy (non-hydrogen) atoms. The number of thiol groups is 1. The van der Waals surface area contributed by atoms with Crippen LogP contribution in [-0.4, -0.2) is 83.2 Å². The molecule has 3 atom stereocenters. The number of nitrogens with zero attached hydrogens (tertiary/aromatic N) is 3. The molecule has 3 saturated heterocycles. The van der Waals surface area contributed by atoms with Crippen LogP contribution in [0.3, 0.4) is 0 Å². The molecule has 13 heteroatoms. The number of amides is 1. The molecule has 3 aliphatic heterocycles. The number of esters is 2. The highest BCUT2D eigenvalue weighted by atomic mass is 35.5. The molecule has 0 aromatic heterocycles. The van der Waals surface area contributed by atoms with E-state index < -0.39 is 35.2 Å². The van der Waals surface area contributed by atoms with Gasteiger partial charge in [-0.1, -0.05) is 11.6 Å². The molecule has 0 saturated carbocycles. The standard InChI is InChI=1S/C20H21ClFN3O6S2/c1-10(26)30-14-7-29-8-15(14)31-17(27)9-33-16-6-13(12(22)5-11(16)21)23-19-18(32)20(28)25-4-2-3-24(19)25/h5-6,14-15,18,32H,2-4,7-9H2,1H3. The van der Waals surface area contributed by atoms with E-state index in [1.165, 1.54) is 13.0 Å². The monoisotopic (exact) mass is 517 g/mol. The fourth-order valence-electron chi connectivity index (χ4n) is 3.72. The maximum atomic E-state index is 14.6. The van der Waals surface area contributed by atoms with E-state index >= 15 is 0 Å². The minimum absolute atomic E-state index is 0.00928. The highest BCUT2D eigenvalue weighted by molar-refractivity contribution is 8.00. The van der Waals surface area contributed by atoms with Gasteiger partial charge in [-0.05, 0) is 18.6 Å². The molecule has 0 aliphatic carbocycles. The zero-order valence-corrected chi connectivity index (χ0v) is 20.0. The number of hydrazine groups is 1. The third-order valence-corrected chi connectivity index (χ3v) is 7.09. The second-order valence-corrected chi connectivity index (χ2v) is 9.49. The van der Waals surface area contributed by atoms with E-state index in [9.17, 15) is 18.8 Å². The Bertz CT molecular complexity index is 1010.